The monoisotopic (exact) mass is 393 g/mol. The fourth-order valence-electron chi connectivity index (χ4n) is 2.45. The predicted octanol–water partition coefficient (Wildman–Crippen LogP) is 4.93. The zero-order valence-electron chi connectivity index (χ0n) is 15.3. The van der Waals surface area contributed by atoms with Crippen LogP contribution in [0, 0.1) is 0 Å². The number of benzene rings is 2. The molecule has 2 aromatic rings. The largest absolute Gasteiger partial charge is 0.497 e. The van der Waals surface area contributed by atoms with Crippen LogP contribution in [0.4, 0.5) is 0 Å². The summed E-state index contributed by atoms with van der Waals surface area (Å²) < 4.78 is 10.5. The van der Waals surface area contributed by atoms with E-state index >= 15 is 0 Å². The minimum Gasteiger partial charge on any atom is -0.497 e. The van der Waals surface area contributed by atoms with Gasteiger partial charge >= 0.3 is 0 Å². The Balaban J connectivity index is 1.76. The van der Waals surface area contributed by atoms with Gasteiger partial charge in [-0.3, -0.25) is 4.79 Å². The zero-order valence-corrected chi connectivity index (χ0v) is 16.8. The number of hydrogen-bond acceptors (Lipinski definition) is 4. The molecule has 1 unspecified atom stereocenters. The third-order valence-corrected chi connectivity index (χ3v) is 5.31. The number of carbonyl (C=O) groups excluding carboxylic acids is 1. The lowest BCUT2D eigenvalue weighted by molar-refractivity contribution is -0.121. The Hall–Kier alpha value is -1.85. The third-order valence-electron chi connectivity index (χ3n) is 3.89. The van der Waals surface area contributed by atoms with Crippen LogP contribution in [0.3, 0.4) is 0 Å². The van der Waals surface area contributed by atoms with Crippen LogP contribution >= 0.6 is 23.4 Å². The molecule has 0 radical (unpaired) electrons. The normalized spacial score (nSPS) is 11.7. The van der Waals surface area contributed by atoms with Gasteiger partial charge in [0.25, 0.3) is 0 Å². The third kappa shape index (κ3) is 6.46. The van der Waals surface area contributed by atoms with Gasteiger partial charge in [-0.05, 0) is 48.9 Å². The van der Waals surface area contributed by atoms with Crippen LogP contribution in [0.15, 0.2) is 47.4 Å². The Kier molecular flexibility index (Phi) is 8.13. The van der Waals surface area contributed by atoms with Crippen molar-refractivity contribution < 1.29 is 14.3 Å². The van der Waals surface area contributed by atoms with Crippen LogP contribution in [-0.4, -0.2) is 25.4 Å². The van der Waals surface area contributed by atoms with Crippen molar-refractivity contribution in [3.63, 3.8) is 0 Å². The first-order valence-electron chi connectivity index (χ1n) is 8.41. The summed E-state index contributed by atoms with van der Waals surface area (Å²) in [6, 6.07) is 13.3. The highest BCUT2D eigenvalue weighted by Crippen LogP contribution is 2.27. The average molecular weight is 394 g/mol. The maximum atomic E-state index is 12.1. The molecule has 0 fully saturated rings. The summed E-state index contributed by atoms with van der Waals surface area (Å²) in [7, 11) is 3.26. The number of rotatable bonds is 9. The van der Waals surface area contributed by atoms with E-state index in [9.17, 15) is 4.79 Å². The van der Waals surface area contributed by atoms with Gasteiger partial charge < -0.3 is 14.8 Å². The van der Waals surface area contributed by atoms with Crippen molar-refractivity contribution in [3.05, 3.63) is 53.1 Å². The van der Waals surface area contributed by atoms with Crippen LogP contribution < -0.4 is 14.8 Å². The number of carbonyl (C=O) groups is 1. The topological polar surface area (TPSA) is 47.6 Å². The van der Waals surface area contributed by atoms with E-state index in [2.05, 4.69) is 12.2 Å². The number of methoxy groups -OCH3 is 2. The molecule has 6 heteroatoms. The molecule has 0 aliphatic rings. The van der Waals surface area contributed by atoms with Crippen molar-refractivity contribution >= 4 is 29.3 Å². The summed E-state index contributed by atoms with van der Waals surface area (Å²) in [4.78, 5) is 13.3. The molecule has 0 aliphatic carbocycles. The Morgan fingerprint density at radius 1 is 1.15 bits per heavy atom. The quantitative estimate of drug-likeness (QED) is 0.613. The van der Waals surface area contributed by atoms with Crippen LogP contribution in [-0.2, 0) is 11.3 Å². The van der Waals surface area contributed by atoms with E-state index in [0.717, 1.165) is 23.5 Å². The van der Waals surface area contributed by atoms with Crippen molar-refractivity contribution in [2.45, 2.75) is 36.5 Å². The molecule has 140 valence electrons. The highest BCUT2D eigenvalue weighted by Gasteiger charge is 2.10. The smallest absolute Gasteiger partial charge is 0.220 e. The van der Waals surface area contributed by atoms with E-state index in [1.807, 2.05) is 30.3 Å². The fraction of sp³-hybridized carbons (Fsp3) is 0.350. The Morgan fingerprint density at radius 2 is 1.88 bits per heavy atom. The molecule has 0 heterocycles. The molecule has 0 bridgehead atoms. The second kappa shape index (κ2) is 10.3. The molecule has 2 rings (SSSR count). The van der Waals surface area contributed by atoms with Gasteiger partial charge in [-0.15, -0.1) is 11.8 Å². The molecule has 1 amide bonds. The van der Waals surface area contributed by atoms with Crippen molar-refractivity contribution in [2.75, 3.05) is 14.2 Å². The molecule has 0 aliphatic heterocycles. The van der Waals surface area contributed by atoms with E-state index in [1.165, 1.54) is 4.90 Å². The minimum atomic E-state index is 0.0224. The minimum absolute atomic E-state index is 0.0224. The zero-order chi connectivity index (χ0) is 18.9. The lowest BCUT2D eigenvalue weighted by Crippen LogP contribution is -2.23. The van der Waals surface area contributed by atoms with Crippen LogP contribution in [0.25, 0.3) is 0 Å². The van der Waals surface area contributed by atoms with Crippen LogP contribution in [0.2, 0.25) is 5.02 Å². The second-order valence-corrected chi connectivity index (χ2v) is 7.82. The first-order valence-corrected chi connectivity index (χ1v) is 9.67. The molecular weight excluding hydrogens is 370 g/mol. The fourth-order valence-corrected chi connectivity index (χ4v) is 3.64. The lowest BCUT2D eigenvalue weighted by Gasteiger charge is -2.13. The molecule has 0 spiro atoms. The molecule has 0 saturated carbocycles. The van der Waals surface area contributed by atoms with Gasteiger partial charge in [-0.1, -0.05) is 18.5 Å². The van der Waals surface area contributed by atoms with E-state index in [-0.39, 0.29) is 5.91 Å². The van der Waals surface area contributed by atoms with Gasteiger partial charge in [-0.25, -0.2) is 0 Å². The first kappa shape index (κ1) is 20.5. The number of amides is 1. The molecule has 0 saturated heterocycles. The van der Waals surface area contributed by atoms with Crippen molar-refractivity contribution in [1.82, 2.24) is 5.32 Å². The summed E-state index contributed by atoms with van der Waals surface area (Å²) in [5.41, 5.74) is 0.869. The highest BCUT2D eigenvalue weighted by molar-refractivity contribution is 7.99. The van der Waals surface area contributed by atoms with Gasteiger partial charge in [0.1, 0.15) is 11.5 Å². The highest BCUT2D eigenvalue weighted by atomic mass is 35.5. The molecule has 1 atom stereocenters. The van der Waals surface area contributed by atoms with Crippen LogP contribution in [0.1, 0.15) is 25.3 Å². The molecule has 26 heavy (non-hydrogen) atoms. The molecular formula is C20H24ClNO3S. The van der Waals surface area contributed by atoms with Gasteiger partial charge in [0.2, 0.25) is 5.91 Å². The summed E-state index contributed by atoms with van der Waals surface area (Å²) in [6.07, 6.45) is 1.28. The second-order valence-electron chi connectivity index (χ2n) is 5.88. The van der Waals surface area contributed by atoms with Gasteiger partial charge in [-0.2, -0.15) is 0 Å². The van der Waals surface area contributed by atoms with E-state index in [1.54, 1.807) is 38.1 Å². The standard InChI is InChI=1S/C20H24ClNO3S/c1-14(26-18-8-6-17(24-2)7-9-18)4-11-20(23)22-13-15-12-16(21)5-10-19(15)25-3/h5-10,12,14H,4,11,13H2,1-3H3,(H,22,23). The van der Waals surface area contributed by atoms with Gasteiger partial charge in [0.05, 0.1) is 14.2 Å². The van der Waals surface area contributed by atoms with E-state index in [4.69, 9.17) is 21.1 Å². The molecule has 0 aromatic heterocycles. The van der Waals surface area contributed by atoms with Gasteiger partial charge in [0, 0.05) is 33.7 Å². The number of hydrogen-bond donors (Lipinski definition) is 1. The van der Waals surface area contributed by atoms with Crippen molar-refractivity contribution in [1.29, 1.82) is 0 Å². The van der Waals surface area contributed by atoms with E-state index < -0.39 is 0 Å². The first-order chi connectivity index (χ1) is 12.5. The summed E-state index contributed by atoms with van der Waals surface area (Å²) in [6.45, 7) is 2.53. The maximum Gasteiger partial charge on any atom is 0.220 e. The Labute approximate surface area is 164 Å². The number of thioether (sulfide) groups is 1. The Bertz CT molecular complexity index is 721. The average Bonchev–Trinajstić information content (AvgIpc) is 2.65. The van der Waals surface area contributed by atoms with Gasteiger partial charge in [0.15, 0.2) is 0 Å². The summed E-state index contributed by atoms with van der Waals surface area (Å²) in [5, 5.41) is 3.90. The van der Waals surface area contributed by atoms with Crippen molar-refractivity contribution in [2.24, 2.45) is 0 Å². The van der Waals surface area contributed by atoms with E-state index in [0.29, 0.717) is 23.2 Å². The van der Waals surface area contributed by atoms with Crippen LogP contribution in [0.5, 0.6) is 11.5 Å². The maximum absolute atomic E-state index is 12.1. The summed E-state index contributed by atoms with van der Waals surface area (Å²) in [5.74, 6) is 1.59. The molecule has 1 N–H and O–H groups in total. The Morgan fingerprint density at radius 3 is 2.54 bits per heavy atom. The molecule has 4 nitrogen and oxygen atoms in total. The predicted molar refractivity (Wildman–Crippen MR) is 107 cm³/mol. The van der Waals surface area contributed by atoms with Crippen molar-refractivity contribution in [3.8, 4) is 11.5 Å². The number of halogens is 1. The molecule has 2 aromatic carbocycles. The number of nitrogens with one attached hydrogen (secondary N) is 1. The lowest BCUT2D eigenvalue weighted by atomic mass is 10.2. The SMILES string of the molecule is COc1ccc(SC(C)CCC(=O)NCc2cc(Cl)ccc2OC)cc1. The number of ether oxygens (including phenoxy) is 2. The summed E-state index contributed by atoms with van der Waals surface area (Å²) >= 11 is 7.76.